The second-order valence-electron chi connectivity index (χ2n) is 6.86. The monoisotopic (exact) mass is 360 g/mol. The average Bonchev–Trinajstić information content (AvgIpc) is 3.12. The minimum atomic E-state index is -0.313. The van der Waals surface area contributed by atoms with Crippen LogP contribution in [0.3, 0.4) is 0 Å². The van der Waals surface area contributed by atoms with Crippen LogP contribution in [0.2, 0.25) is 0 Å². The standard InChI is InChI=1S/C19H28N4O3/c1-13(2)22-19(26)23-16-9-5-8-15(12-16)18(25)21-11-10-20-17(24)14-6-3-4-7-14/h5,8-9,12-14H,3-4,6-7,10-11H2,1-2H3,(H,20,24)(H,21,25)(H2,22,23,26). The van der Waals surface area contributed by atoms with Crippen LogP contribution in [-0.4, -0.2) is 37.0 Å². The third-order valence-corrected chi connectivity index (χ3v) is 4.24. The SMILES string of the molecule is CC(C)NC(=O)Nc1cccc(C(=O)NCCNC(=O)C2CCCC2)c1. The number of nitrogens with one attached hydrogen (secondary N) is 4. The van der Waals surface area contributed by atoms with Crippen LogP contribution in [0.15, 0.2) is 24.3 Å². The summed E-state index contributed by atoms with van der Waals surface area (Å²) in [5, 5.41) is 11.1. The van der Waals surface area contributed by atoms with Gasteiger partial charge < -0.3 is 21.3 Å². The van der Waals surface area contributed by atoms with E-state index < -0.39 is 0 Å². The Hall–Kier alpha value is -2.57. The van der Waals surface area contributed by atoms with E-state index in [1.54, 1.807) is 24.3 Å². The van der Waals surface area contributed by atoms with Crippen molar-refractivity contribution >= 4 is 23.5 Å². The summed E-state index contributed by atoms with van der Waals surface area (Å²) in [7, 11) is 0. The molecule has 2 rings (SSSR count). The molecule has 26 heavy (non-hydrogen) atoms. The molecule has 1 aromatic rings. The van der Waals surface area contributed by atoms with Gasteiger partial charge in [-0.3, -0.25) is 9.59 Å². The number of amides is 4. The zero-order valence-corrected chi connectivity index (χ0v) is 15.4. The number of carbonyl (C=O) groups is 3. The summed E-state index contributed by atoms with van der Waals surface area (Å²) >= 11 is 0. The molecule has 1 fully saturated rings. The number of benzene rings is 1. The van der Waals surface area contributed by atoms with Crippen LogP contribution in [0.25, 0.3) is 0 Å². The molecule has 4 N–H and O–H groups in total. The fraction of sp³-hybridized carbons (Fsp3) is 0.526. The molecular formula is C19H28N4O3. The second kappa shape index (κ2) is 9.79. The van der Waals surface area contributed by atoms with Gasteiger partial charge in [-0.05, 0) is 44.9 Å². The van der Waals surface area contributed by atoms with Gasteiger partial charge in [0.2, 0.25) is 5.91 Å². The highest BCUT2D eigenvalue weighted by atomic mass is 16.2. The lowest BCUT2D eigenvalue weighted by atomic mass is 10.1. The van der Waals surface area contributed by atoms with Gasteiger partial charge in [-0.1, -0.05) is 18.9 Å². The van der Waals surface area contributed by atoms with Crippen LogP contribution in [0.1, 0.15) is 49.9 Å². The highest BCUT2D eigenvalue weighted by Crippen LogP contribution is 2.24. The summed E-state index contributed by atoms with van der Waals surface area (Å²) in [6.45, 7) is 4.52. The summed E-state index contributed by atoms with van der Waals surface area (Å²) in [6, 6.07) is 6.44. The van der Waals surface area contributed by atoms with Crippen LogP contribution in [0.4, 0.5) is 10.5 Å². The van der Waals surface area contributed by atoms with Gasteiger partial charge in [-0.15, -0.1) is 0 Å². The Bertz CT molecular complexity index is 639. The molecule has 0 atom stereocenters. The first-order valence-corrected chi connectivity index (χ1v) is 9.19. The second-order valence-corrected chi connectivity index (χ2v) is 6.86. The lowest BCUT2D eigenvalue weighted by Gasteiger charge is -2.12. The van der Waals surface area contributed by atoms with E-state index in [0.29, 0.717) is 24.3 Å². The number of hydrogen-bond acceptors (Lipinski definition) is 3. The Labute approximate surface area is 154 Å². The summed E-state index contributed by atoms with van der Waals surface area (Å²) in [5.41, 5.74) is 1.000. The summed E-state index contributed by atoms with van der Waals surface area (Å²) in [4.78, 5) is 35.8. The van der Waals surface area contributed by atoms with Gasteiger partial charge in [0.1, 0.15) is 0 Å². The van der Waals surface area contributed by atoms with E-state index in [1.165, 1.54) is 0 Å². The maximum Gasteiger partial charge on any atom is 0.319 e. The predicted molar refractivity (Wildman–Crippen MR) is 101 cm³/mol. The Kier molecular flexibility index (Phi) is 7.44. The fourth-order valence-electron chi connectivity index (χ4n) is 2.96. The predicted octanol–water partition coefficient (Wildman–Crippen LogP) is 2.25. The van der Waals surface area contributed by atoms with Gasteiger partial charge in [-0.25, -0.2) is 4.79 Å². The Balaban J connectivity index is 1.75. The topological polar surface area (TPSA) is 99.3 Å². The van der Waals surface area contributed by atoms with Crippen molar-refractivity contribution in [2.24, 2.45) is 5.92 Å². The molecule has 1 aliphatic carbocycles. The van der Waals surface area contributed by atoms with E-state index in [1.807, 2.05) is 13.8 Å². The normalized spacial score (nSPS) is 14.1. The lowest BCUT2D eigenvalue weighted by molar-refractivity contribution is -0.124. The molecule has 0 aromatic heterocycles. The zero-order valence-electron chi connectivity index (χ0n) is 15.4. The molecule has 0 radical (unpaired) electrons. The first-order valence-electron chi connectivity index (χ1n) is 9.19. The number of rotatable bonds is 7. The van der Waals surface area contributed by atoms with Gasteiger partial charge in [0, 0.05) is 36.3 Å². The molecular weight excluding hydrogens is 332 g/mol. The van der Waals surface area contributed by atoms with Crippen LogP contribution >= 0.6 is 0 Å². The number of hydrogen-bond donors (Lipinski definition) is 4. The third-order valence-electron chi connectivity index (χ3n) is 4.24. The van der Waals surface area contributed by atoms with E-state index in [9.17, 15) is 14.4 Å². The molecule has 4 amide bonds. The molecule has 1 saturated carbocycles. The first-order chi connectivity index (χ1) is 12.5. The van der Waals surface area contributed by atoms with Crippen LogP contribution < -0.4 is 21.3 Å². The van der Waals surface area contributed by atoms with Crippen molar-refractivity contribution in [2.75, 3.05) is 18.4 Å². The summed E-state index contributed by atoms with van der Waals surface area (Å²) in [6.07, 6.45) is 4.16. The van der Waals surface area contributed by atoms with Crippen molar-refractivity contribution < 1.29 is 14.4 Å². The van der Waals surface area contributed by atoms with Crippen LogP contribution in [0.5, 0.6) is 0 Å². The van der Waals surface area contributed by atoms with Crippen molar-refractivity contribution in [1.29, 1.82) is 0 Å². The van der Waals surface area contributed by atoms with Crippen LogP contribution in [0, 0.1) is 5.92 Å². The average molecular weight is 360 g/mol. The van der Waals surface area contributed by atoms with Gasteiger partial charge in [0.15, 0.2) is 0 Å². The Morgan fingerprint density at radius 2 is 1.77 bits per heavy atom. The molecule has 0 unspecified atom stereocenters. The third kappa shape index (κ3) is 6.38. The maximum absolute atomic E-state index is 12.2. The quantitative estimate of drug-likeness (QED) is 0.561. The minimum absolute atomic E-state index is 0.0286. The fourth-order valence-corrected chi connectivity index (χ4v) is 2.96. The highest BCUT2D eigenvalue weighted by Gasteiger charge is 2.21. The highest BCUT2D eigenvalue weighted by molar-refractivity contribution is 5.96. The van der Waals surface area contributed by atoms with E-state index in [2.05, 4.69) is 21.3 Å². The van der Waals surface area contributed by atoms with Crippen molar-refractivity contribution in [2.45, 2.75) is 45.6 Å². The first kappa shape index (κ1) is 19.8. The molecule has 0 saturated heterocycles. The molecule has 0 bridgehead atoms. The van der Waals surface area contributed by atoms with Gasteiger partial charge in [-0.2, -0.15) is 0 Å². The molecule has 0 aliphatic heterocycles. The molecule has 142 valence electrons. The van der Waals surface area contributed by atoms with Gasteiger partial charge in [0.05, 0.1) is 0 Å². The summed E-state index contributed by atoms with van der Waals surface area (Å²) in [5.74, 6) is -0.0300. The smallest absolute Gasteiger partial charge is 0.319 e. The number of carbonyl (C=O) groups excluding carboxylic acids is 3. The Morgan fingerprint density at radius 1 is 1.08 bits per heavy atom. The van der Waals surface area contributed by atoms with Gasteiger partial charge >= 0.3 is 6.03 Å². The summed E-state index contributed by atoms with van der Waals surface area (Å²) < 4.78 is 0. The zero-order chi connectivity index (χ0) is 18.9. The van der Waals surface area contributed by atoms with E-state index in [-0.39, 0.29) is 29.8 Å². The number of urea groups is 1. The lowest BCUT2D eigenvalue weighted by Crippen LogP contribution is -2.37. The van der Waals surface area contributed by atoms with E-state index >= 15 is 0 Å². The van der Waals surface area contributed by atoms with E-state index in [4.69, 9.17) is 0 Å². The van der Waals surface area contributed by atoms with Crippen molar-refractivity contribution in [3.63, 3.8) is 0 Å². The molecule has 0 spiro atoms. The van der Waals surface area contributed by atoms with Gasteiger partial charge in [0.25, 0.3) is 5.91 Å². The minimum Gasteiger partial charge on any atom is -0.354 e. The molecule has 0 heterocycles. The van der Waals surface area contributed by atoms with E-state index in [0.717, 1.165) is 25.7 Å². The molecule has 7 nitrogen and oxygen atoms in total. The Morgan fingerprint density at radius 3 is 2.46 bits per heavy atom. The largest absolute Gasteiger partial charge is 0.354 e. The van der Waals surface area contributed by atoms with Crippen molar-refractivity contribution in [3.8, 4) is 0 Å². The van der Waals surface area contributed by atoms with Crippen molar-refractivity contribution in [1.82, 2.24) is 16.0 Å². The molecule has 7 heteroatoms. The molecule has 1 aromatic carbocycles. The number of anilines is 1. The molecule has 1 aliphatic rings. The van der Waals surface area contributed by atoms with Crippen molar-refractivity contribution in [3.05, 3.63) is 29.8 Å². The van der Waals surface area contributed by atoms with Crippen LogP contribution in [-0.2, 0) is 4.79 Å². The maximum atomic E-state index is 12.2.